The number of hydrogen-bond acceptors (Lipinski definition) is 4. The highest BCUT2D eigenvalue weighted by Gasteiger charge is 2.28. The van der Waals surface area contributed by atoms with Crippen LogP contribution < -0.4 is 5.32 Å². The Balaban J connectivity index is 1.51. The van der Waals surface area contributed by atoms with Crippen LogP contribution in [0, 0.1) is 0 Å². The van der Waals surface area contributed by atoms with Gasteiger partial charge in [-0.25, -0.2) is 4.98 Å². The van der Waals surface area contributed by atoms with Gasteiger partial charge in [0.05, 0.1) is 6.20 Å². The van der Waals surface area contributed by atoms with Gasteiger partial charge in [-0.15, -0.1) is 0 Å². The number of aromatic amines is 1. The summed E-state index contributed by atoms with van der Waals surface area (Å²) in [4.78, 5) is 18.0. The molecule has 1 atom stereocenters. The number of H-pyrrole nitrogens is 1. The molecule has 1 fully saturated rings. The lowest BCUT2D eigenvalue weighted by Gasteiger charge is -2.14. The fourth-order valence-corrected chi connectivity index (χ4v) is 3.60. The molecule has 3 aromatic rings. The van der Waals surface area contributed by atoms with E-state index < -0.39 is 0 Å². The first kappa shape index (κ1) is 17.3. The second kappa shape index (κ2) is 7.61. The van der Waals surface area contributed by atoms with Crippen LogP contribution in [0.1, 0.15) is 30.5 Å². The highest BCUT2D eigenvalue weighted by Crippen LogP contribution is 2.33. The largest absolute Gasteiger partial charge is 0.366 e. The lowest BCUT2D eigenvalue weighted by atomic mass is 9.97. The van der Waals surface area contributed by atoms with Crippen molar-refractivity contribution < 1.29 is 4.79 Å². The minimum absolute atomic E-state index is 0.134. The van der Waals surface area contributed by atoms with E-state index in [4.69, 9.17) is 0 Å². The van der Waals surface area contributed by atoms with Crippen LogP contribution in [0.15, 0.2) is 54.9 Å². The summed E-state index contributed by atoms with van der Waals surface area (Å²) in [6, 6.07) is 14.3. The molecule has 2 N–H and O–H groups in total. The Morgan fingerprint density at radius 3 is 2.93 bits per heavy atom. The maximum atomic E-state index is 11.6. The van der Waals surface area contributed by atoms with Crippen molar-refractivity contribution in [3.8, 4) is 11.1 Å². The number of pyridine rings is 1. The zero-order valence-corrected chi connectivity index (χ0v) is 15.4. The fourth-order valence-electron chi connectivity index (χ4n) is 3.60. The number of nitrogens with zero attached hydrogens (tertiary/aromatic N) is 3. The Kier molecular flexibility index (Phi) is 4.87. The molecule has 2 aromatic heterocycles. The molecule has 6 heteroatoms. The predicted octanol–water partition coefficient (Wildman–Crippen LogP) is 3.42. The summed E-state index contributed by atoms with van der Waals surface area (Å²) < 4.78 is 0. The van der Waals surface area contributed by atoms with Crippen LogP contribution in [0.25, 0.3) is 11.1 Å². The monoisotopic (exact) mass is 361 g/mol. The molecule has 1 amide bonds. The van der Waals surface area contributed by atoms with Gasteiger partial charge < -0.3 is 10.2 Å². The first-order valence-corrected chi connectivity index (χ1v) is 9.23. The molecule has 0 bridgehead atoms. The van der Waals surface area contributed by atoms with Crippen LogP contribution in [0.5, 0.6) is 0 Å². The van der Waals surface area contributed by atoms with Crippen molar-refractivity contribution >= 4 is 11.7 Å². The number of amides is 1. The first-order valence-electron chi connectivity index (χ1n) is 9.23. The zero-order valence-electron chi connectivity index (χ0n) is 15.4. The number of hydrogen-bond donors (Lipinski definition) is 2. The average molecular weight is 361 g/mol. The Bertz CT molecular complexity index is 921. The molecular formula is C21H23N5O. The second-order valence-corrected chi connectivity index (χ2v) is 6.92. The normalized spacial score (nSPS) is 16.5. The molecule has 0 saturated carbocycles. The van der Waals surface area contributed by atoms with E-state index in [-0.39, 0.29) is 5.91 Å². The minimum atomic E-state index is 0.134. The summed E-state index contributed by atoms with van der Waals surface area (Å²) in [6.07, 6.45) is 4.64. The average Bonchev–Trinajstić information content (AvgIpc) is 3.36. The minimum Gasteiger partial charge on any atom is -0.366 e. The first-order chi connectivity index (χ1) is 13.2. The van der Waals surface area contributed by atoms with Crippen molar-refractivity contribution in [3.05, 3.63) is 66.1 Å². The Labute approximate surface area is 158 Å². The van der Waals surface area contributed by atoms with Gasteiger partial charge in [0.1, 0.15) is 5.82 Å². The number of carbonyl (C=O) groups is 1. The fraction of sp³-hybridized carbons (Fsp3) is 0.286. The van der Waals surface area contributed by atoms with Gasteiger partial charge in [-0.3, -0.25) is 9.89 Å². The Morgan fingerprint density at radius 2 is 2.15 bits per heavy atom. The standard InChI is InChI=1S/C21H23N5O/c1-15(27)26-10-8-18(14-26)21-19(13-24-25-21)17-7-9-22-20(11-17)23-12-16-5-3-2-4-6-16/h2-7,9,11,13,18H,8,10,12,14H2,1H3,(H,22,23)(H,24,25). The van der Waals surface area contributed by atoms with Crippen LogP contribution in [0.2, 0.25) is 0 Å². The molecule has 1 saturated heterocycles. The highest BCUT2D eigenvalue weighted by molar-refractivity contribution is 5.74. The molecule has 0 aliphatic carbocycles. The number of anilines is 1. The molecule has 3 heterocycles. The summed E-state index contributed by atoms with van der Waals surface area (Å²) in [7, 11) is 0. The number of rotatable bonds is 5. The van der Waals surface area contributed by atoms with Gasteiger partial charge in [0, 0.05) is 49.9 Å². The summed E-state index contributed by atoms with van der Waals surface area (Å²) >= 11 is 0. The number of benzene rings is 1. The van der Waals surface area contributed by atoms with Crippen molar-refractivity contribution in [2.75, 3.05) is 18.4 Å². The predicted molar refractivity (Wildman–Crippen MR) is 105 cm³/mol. The van der Waals surface area contributed by atoms with E-state index in [1.54, 1.807) is 6.92 Å². The molecule has 0 radical (unpaired) electrons. The van der Waals surface area contributed by atoms with Gasteiger partial charge in [-0.05, 0) is 29.7 Å². The summed E-state index contributed by atoms with van der Waals surface area (Å²) in [6.45, 7) is 3.91. The molecule has 4 rings (SSSR count). The van der Waals surface area contributed by atoms with Crippen molar-refractivity contribution in [1.29, 1.82) is 0 Å². The van der Waals surface area contributed by atoms with Crippen LogP contribution in [-0.2, 0) is 11.3 Å². The molecule has 27 heavy (non-hydrogen) atoms. The molecule has 1 unspecified atom stereocenters. The Hall–Kier alpha value is -3.15. The maximum absolute atomic E-state index is 11.6. The van der Waals surface area contributed by atoms with E-state index in [2.05, 4.69) is 38.7 Å². The van der Waals surface area contributed by atoms with Crippen LogP contribution in [0.4, 0.5) is 5.82 Å². The van der Waals surface area contributed by atoms with Crippen molar-refractivity contribution in [2.24, 2.45) is 0 Å². The second-order valence-electron chi connectivity index (χ2n) is 6.92. The Morgan fingerprint density at radius 1 is 1.30 bits per heavy atom. The van der Waals surface area contributed by atoms with Gasteiger partial charge in [-0.1, -0.05) is 30.3 Å². The van der Waals surface area contributed by atoms with E-state index in [1.165, 1.54) is 5.56 Å². The van der Waals surface area contributed by atoms with Crippen molar-refractivity contribution in [2.45, 2.75) is 25.8 Å². The van der Waals surface area contributed by atoms with E-state index >= 15 is 0 Å². The number of aromatic nitrogens is 3. The topological polar surface area (TPSA) is 73.9 Å². The van der Waals surface area contributed by atoms with E-state index in [0.717, 1.165) is 48.7 Å². The third-order valence-electron chi connectivity index (χ3n) is 5.10. The zero-order chi connectivity index (χ0) is 18.6. The van der Waals surface area contributed by atoms with Crippen LogP contribution in [-0.4, -0.2) is 39.1 Å². The third-order valence-corrected chi connectivity index (χ3v) is 5.10. The molecule has 1 aliphatic rings. The molecule has 6 nitrogen and oxygen atoms in total. The smallest absolute Gasteiger partial charge is 0.219 e. The van der Waals surface area contributed by atoms with Gasteiger partial charge in [-0.2, -0.15) is 5.10 Å². The summed E-state index contributed by atoms with van der Waals surface area (Å²) in [5, 5.41) is 10.8. The van der Waals surface area contributed by atoms with E-state index in [1.807, 2.05) is 41.6 Å². The summed E-state index contributed by atoms with van der Waals surface area (Å²) in [5.41, 5.74) is 4.46. The lowest BCUT2D eigenvalue weighted by molar-refractivity contribution is -0.127. The van der Waals surface area contributed by atoms with Crippen LogP contribution >= 0.6 is 0 Å². The molecular weight excluding hydrogens is 338 g/mol. The maximum Gasteiger partial charge on any atom is 0.219 e. The molecule has 1 aromatic carbocycles. The third kappa shape index (κ3) is 3.84. The number of nitrogens with one attached hydrogen (secondary N) is 2. The number of likely N-dealkylation sites (tertiary alicyclic amines) is 1. The van der Waals surface area contributed by atoms with Gasteiger partial charge in [0.15, 0.2) is 0 Å². The molecule has 138 valence electrons. The molecule has 1 aliphatic heterocycles. The lowest BCUT2D eigenvalue weighted by Crippen LogP contribution is -2.25. The van der Waals surface area contributed by atoms with Gasteiger partial charge >= 0.3 is 0 Å². The van der Waals surface area contributed by atoms with Crippen LogP contribution in [0.3, 0.4) is 0 Å². The van der Waals surface area contributed by atoms with E-state index in [9.17, 15) is 4.79 Å². The highest BCUT2D eigenvalue weighted by atomic mass is 16.2. The summed E-state index contributed by atoms with van der Waals surface area (Å²) in [5.74, 6) is 1.26. The van der Waals surface area contributed by atoms with E-state index in [0.29, 0.717) is 5.92 Å². The van der Waals surface area contributed by atoms with Crippen molar-refractivity contribution in [3.63, 3.8) is 0 Å². The van der Waals surface area contributed by atoms with Crippen molar-refractivity contribution in [1.82, 2.24) is 20.1 Å². The number of carbonyl (C=O) groups excluding carboxylic acids is 1. The SMILES string of the molecule is CC(=O)N1CCC(c2[nH]ncc2-c2ccnc(NCc3ccccc3)c2)C1. The van der Waals surface area contributed by atoms with Gasteiger partial charge in [0.25, 0.3) is 0 Å². The molecule has 0 spiro atoms. The quantitative estimate of drug-likeness (QED) is 0.730. The van der Waals surface area contributed by atoms with Gasteiger partial charge in [0.2, 0.25) is 5.91 Å².